The van der Waals surface area contributed by atoms with E-state index in [1.54, 1.807) is 6.92 Å². The van der Waals surface area contributed by atoms with Crippen LogP contribution in [0.2, 0.25) is 0 Å². The molecule has 1 amide bonds. The summed E-state index contributed by atoms with van der Waals surface area (Å²) in [5.41, 5.74) is 2.51. The van der Waals surface area contributed by atoms with Crippen LogP contribution in [-0.4, -0.2) is 11.4 Å². The van der Waals surface area contributed by atoms with Crippen molar-refractivity contribution in [2.45, 2.75) is 53.0 Å². The van der Waals surface area contributed by atoms with Crippen LogP contribution in [0.3, 0.4) is 0 Å². The van der Waals surface area contributed by atoms with Crippen molar-refractivity contribution in [1.29, 1.82) is 5.26 Å². The van der Waals surface area contributed by atoms with Crippen LogP contribution >= 0.6 is 0 Å². The Morgan fingerprint density at radius 3 is 2.60 bits per heavy atom. The molecular weight excluding hydrogens is 248 g/mol. The lowest BCUT2D eigenvalue weighted by Gasteiger charge is -2.29. The van der Waals surface area contributed by atoms with E-state index in [2.05, 4.69) is 17.5 Å². The summed E-state index contributed by atoms with van der Waals surface area (Å²) in [6, 6.07) is 8.30. The molecule has 20 heavy (non-hydrogen) atoms. The number of rotatable bonds is 5. The fourth-order valence-corrected chi connectivity index (χ4v) is 2.22. The summed E-state index contributed by atoms with van der Waals surface area (Å²) >= 11 is 0. The van der Waals surface area contributed by atoms with Gasteiger partial charge in [0.1, 0.15) is 5.54 Å². The molecule has 0 aliphatic carbocycles. The lowest BCUT2D eigenvalue weighted by molar-refractivity contribution is -0.122. The Labute approximate surface area is 122 Å². The van der Waals surface area contributed by atoms with E-state index in [-0.39, 0.29) is 11.8 Å². The van der Waals surface area contributed by atoms with Gasteiger partial charge in [0, 0.05) is 0 Å². The standard InChI is InChI=1S/C17H24N2O/c1-6-14(4)17(5,11-18)19-16(20)10-15-8-7-12(2)9-13(15)3/h7-9,14H,6,10H2,1-5H3,(H,19,20). The average Bonchev–Trinajstić information content (AvgIpc) is 2.40. The number of amides is 1. The molecule has 0 fully saturated rings. The van der Waals surface area contributed by atoms with Crippen molar-refractivity contribution in [3.63, 3.8) is 0 Å². The van der Waals surface area contributed by atoms with Gasteiger partial charge in [-0.2, -0.15) is 5.26 Å². The molecule has 0 aliphatic rings. The highest BCUT2D eigenvalue weighted by molar-refractivity contribution is 5.80. The van der Waals surface area contributed by atoms with Gasteiger partial charge in [-0.1, -0.05) is 44.0 Å². The molecule has 0 aromatic heterocycles. The SMILES string of the molecule is CCC(C)C(C)(C#N)NC(=O)Cc1ccc(C)cc1C. The van der Waals surface area contributed by atoms with Gasteiger partial charge >= 0.3 is 0 Å². The van der Waals surface area contributed by atoms with E-state index in [4.69, 9.17) is 0 Å². The van der Waals surface area contributed by atoms with Crippen LogP contribution in [0.5, 0.6) is 0 Å². The minimum atomic E-state index is -0.801. The predicted molar refractivity (Wildman–Crippen MR) is 81.2 cm³/mol. The van der Waals surface area contributed by atoms with Crippen molar-refractivity contribution < 1.29 is 4.79 Å². The smallest absolute Gasteiger partial charge is 0.225 e. The molecule has 1 N–H and O–H groups in total. The van der Waals surface area contributed by atoms with Gasteiger partial charge in [0.2, 0.25) is 5.91 Å². The van der Waals surface area contributed by atoms with Crippen LogP contribution in [-0.2, 0) is 11.2 Å². The lowest BCUT2D eigenvalue weighted by Crippen LogP contribution is -2.50. The maximum atomic E-state index is 12.2. The Bertz CT molecular complexity index is 530. The van der Waals surface area contributed by atoms with E-state index < -0.39 is 5.54 Å². The normalized spacial score (nSPS) is 15.0. The predicted octanol–water partition coefficient (Wildman–Crippen LogP) is 3.29. The highest BCUT2D eigenvalue weighted by Gasteiger charge is 2.31. The first kappa shape index (κ1) is 16.2. The molecule has 0 aliphatic heterocycles. The molecule has 0 saturated heterocycles. The summed E-state index contributed by atoms with van der Waals surface area (Å²) in [4.78, 5) is 12.2. The maximum Gasteiger partial charge on any atom is 0.225 e. The quantitative estimate of drug-likeness (QED) is 0.894. The Kier molecular flexibility index (Phi) is 5.33. The molecule has 0 radical (unpaired) electrons. The first-order chi connectivity index (χ1) is 9.32. The van der Waals surface area contributed by atoms with E-state index in [0.717, 1.165) is 17.5 Å². The largest absolute Gasteiger partial charge is 0.338 e. The molecule has 0 saturated carbocycles. The fraction of sp³-hybridized carbons (Fsp3) is 0.529. The van der Waals surface area contributed by atoms with Crippen molar-refractivity contribution in [3.8, 4) is 6.07 Å². The maximum absolute atomic E-state index is 12.2. The summed E-state index contributed by atoms with van der Waals surface area (Å²) in [7, 11) is 0. The van der Waals surface area contributed by atoms with Gasteiger partial charge in [0.05, 0.1) is 12.5 Å². The fourth-order valence-electron chi connectivity index (χ4n) is 2.22. The van der Waals surface area contributed by atoms with Gasteiger partial charge in [-0.3, -0.25) is 4.79 Å². The number of aryl methyl sites for hydroxylation is 2. The van der Waals surface area contributed by atoms with Crippen molar-refractivity contribution in [1.82, 2.24) is 5.32 Å². The van der Waals surface area contributed by atoms with E-state index >= 15 is 0 Å². The van der Waals surface area contributed by atoms with Gasteiger partial charge in [-0.15, -0.1) is 0 Å². The van der Waals surface area contributed by atoms with Crippen LogP contribution in [0.1, 0.15) is 43.9 Å². The Morgan fingerprint density at radius 1 is 1.45 bits per heavy atom. The van der Waals surface area contributed by atoms with Crippen LogP contribution in [0.25, 0.3) is 0 Å². The van der Waals surface area contributed by atoms with Crippen LogP contribution in [0.4, 0.5) is 0 Å². The monoisotopic (exact) mass is 272 g/mol. The number of nitrogens with zero attached hydrogens (tertiary/aromatic N) is 1. The van der Waals surface area contributed by atoms with E-state index in [1.165, 1.54) is 5.56 Å². The minimum absolute atomic E-state index is 0.0960. The third-order valence-electron chi connectivity index (χ3n) is 4.08. The molecule has 108 valence electrons. The first-order valence-corrected chi connectivity index (χ1v) is 7.10. The van der Waals surface area contributed by atoms with E-state index in [9.17, 15) is 10.1 Å². The Balaban J connectivity index is 2.79. The molecule has 3 nitrogen and oxygen atoms in total. The zero-order valence-electron chi connectivity index (χ0n) is 13.1. The molecule has 2 unspecified atom stereocenters. The lowest BCUT2D eigenvalue weighted by atomic mass is 9.86. The highest BCUT2D eigenvalue weighted by atomic mass is 16.1. The number of carbonyl (C=O) groups is 1. The van der Waals surface area contributed by atoms with Gasteiger partial charge in [0.15, 0.2) is 0 Å². The first-order valence-electron chi connectivity index (χ1n) is 7.10. The molecule has 3 heteroatoms. The summed E-state index contributed by atoms with van der Waals surface area (Å²) < 4.78 is 0. The second-order valence-electron chi connectivity index (χ2n) is 5.78. The summed E-state index contributed by atoms with van der Waals surface area (Å²) in [6.07, 6.45) is 1.17. The number of hydrogen-bond acceptors (Lipinski definition) is 2. The van der Waals surface area contributed by atoms with Crippen LogP contribution in [0.15, 0.2) is 18.2 Å². The molecule has 1 aromatic carbocycles. The molecule has 2 atom stereocenters. The number of nitriles is 1. The third-order valence-corrected chi connectivity index (χ3v) is 4.08. The van der Waals surface area contributed by atoms with Crippen molar-refractivity contribution in [2.75, 3.05) is 0 Å². The Morgan fingerprint density at radius 2 is 2.10 bits per heavy atom. The summed E-state index contributed by atoms with van der Waals surface area (Å²) in [6.45, 7) is 9.85. The van der Waals surface area contributed by atoms with E-state index in [1.807, 2.05) is 39.8 Å². The van der Waals surface area contributed by atoms with Crippen molar-refractivity contribution >= 4 is 5.91 Å². The van der Waals surface area contributed by atoms with Gasteiger partial charge in [-0.25, -0.2) is 0 Å². The molecular formula is C17H24N2O. The molecule has 1 aromatic rings. The number of hydrogen-bond donors (Lipinski definition) is 1. The van der Waals surface area contributed by atoms with Gasteiger partial charge in [0.25, 0.3) is 0 Å². The number of carbonyl (C=O) groups excluding carboxylic acids is 1. The van der Waals surface area contributed by atoms with Crippen molar-refractivity contribution in [3.05, 3.63) is 34.9 Å². The minimum Gasteiger partial charge on any atom is -0.338 e. The van der Waals surface area contributed by atoms with Crippen LogP contribution < -0.4 is 5.32 Å². The second kappa shape index (κ2) is 6.56. The molecule has 1 rings (SSSR count). The highest BCUT2D eigenvalue weighted by Crippen LogP contribution is 2.20. The molecule has 0 bridgehead atoms. The molecule has 0 heterocycles. The topological polar surface area (TPSA) is 52.9 Å². The summed E-state index contributed by atoms with van der Waals surface area (Å²) in [5, 5.41) is 12.2. The van der Waals surface area contributed by atoms with Gasteiger partial charge < -0.3 is 5.32 Å². The Hall–Kier alpha value is -1.82. The zero-order chi connectivity index (χ0) is 15.3. The molecule has 0 spiro atoms. The summed E-state index contributed by atoms with van der Waals surface area (Å²) in [5.74, 6) is 0.0249. The average molecular weight is 272 g/mol. The van der Waals surface area contributed by atoms with Crippen molar-refractivity contribution in [2.24, 2.45) is 5.92 Å². The third kappa shape index (κ3) is 3.84. The number of benzene rings is 1. The number of nitrogens with one attached hydrogen (secondary N) is 1. The van der Waals surface area contributed by atoms with Crippen LogP contribution in [0, 0.1) is 31.1 Å². The zero-order valence-corrected chi connectivity index (χ0v) is 13.1. The van der Waals surface area contributed by atoms with E-state index in [0.29, 0.717) is 6.42 Å². The van der Waals surface area contributed by atoms with Gasteiger partial charge in [-0.05, 0) is 37.8 Å². The second-order valence-corrected chi connectivity index (χ2v) is 5.78.